The summed E-state index contributed by atoms with van der Waals surface area (Å²) < 4.78 is 30.3. The second-order valence-electron chi connectivity index (χ2n) is 17.4. The van der Waals surface area contributed by atoms with Crippen molar-refractivity contribution in [2.75, 3.05) is 6.61 Å². The van der Waals surface area contributed by atoms with Crippen molar-refractivity contribution in [3.05, 3.63) is 119 Å². The van der Waals surface area contributed by atoms with E-state index in [1.165, 1.54) is 26.0 Å². The standard InChI is InChI=1S/C47H51NO14/c1-25-31(60-43(56)36(52)35(28-16-10-7-11-17-28)48-41(54)29-18-12-8-13-19-29)23-47(57)40(61-42(55)30-20-14-9-15-21-30)38-45(6,32(51)22-33-46(38,24-58-33)62-27(3)50)39(53)37(59-26(2)49)34(25)44(47,4)5/h7-21,31-33,35-38,40,51-52,57H,22-24H2,1-6H3,(H,48,54)/t31-,32-,33+,35-,36+,37-,38-,40-,45+,46-,47-/m0/s1. The zero-order valence-corrected chi connectivity index (χ0v) is 35.2. The van der Waals surface area contributed by atoms with E-state index in [-0.39, 0.29) is 35.3 Å². The van der Waals surface area contributed by atoms with Crippen LogP contribution in [0.15, 0.2) is 102 Å². The molecule has 15 heteroatoms. The monoisotopic (exact) mass is 853 g/mol. The summed E-state index contributed by atoms with van der Waals surface area (Å²) >= 11 is 0. The number of Topliss-reactive ketones (excluding diaryl/α,β-unsaturated/α-hetero) is 1. The van der Waals surface area contributed by atoms with E-state index in [9.17, 15) is 39.3 Å². The fourth-order valence-corrected chi connectivity index (χ4v) is 10.2. The highest BCUT2D eigenvalue weighted by Crippen LogP contribution is 2.64. The molecular formula is C47H51NO14. The van der Waals surface area contributed by atoms with Crippen molar-refractivity contribution in [2.45, 2.75) is 108 Å². The third-order valence-electron chi connectivity index (χ3n) is 13.5. The molecule has 1 heterocycles. The van der Waals surface area contributed by atoms with Crippen LogP contribution in [-0.2, 0) is 42.9 Å². The lowest BCUT2D eigenvalue weighted by atomic mass is 9.44. The first-order valence-electron chi connectivity index (χ1n) is 20.5. The fourth-order valence-electron chi connectivity index (χ4n) is 10.2. The molecule has 3 aliphatic carbocycles. The van der Waals surface area contributed by atoms with Crippen molar-refractivity contribution in [1.82, 2.24) is 5.32 Å². The van der Waals surface area contributed by atoms with E-state index in [1.54, 1.807) is 92.7 Å². The molecule has 1 aliphatic heterocycles. The smallest absolute Gasteiger partial charge is 0.338 e. The van der Waals surface area contributed by atoms with Crippen LogP contribution in [-0.4, -0.2) is 105 Å². The van der Waals surface area contributed by atoms with Crippen molar-refractivity contribution in [3.8, 4) is 0 Å². The summed E-state index contributed by atoms with van der Waals surface area (Å²) in [7, 11) is 0. The molecule has 3 aromatic carbocycles. The molecule has 0 spiro atoms. The van der Waals surface area contributed by atoms with Gasteiger partial charge in [0.1, 0.15) is 23.9 Å². The quantitative estimate of drug-likeness (QED) is 0.130. The number of carbonyl (C=O) groups excluding carboxylic acids is 6. The van der Waals surface area contributed by atoms with Crippen LogP contribution in [0.3, 0.4) is 0 Å². The summed E-state index contributed by atoms with van der Waals surface area (Å²) in [6.07, 6.45) is -10.5. The Morgan fingerprint density at radius 1 is 0.823 bits per heavy atom. The number of carbonyl (C=O) groups is 6. The van der Waals surface area contributed by atoms with Gasteiger partial charge in [-0.25, -0.2) is 9.59 Å². The van der Waals surface area contributed by atoms with E-state index in [1.807, 2.05) is 0 Å². The minimum atomic E-state index is -2.39. The van der Waals surface area contributed by atoms with Crippen LogP contribution < -0.4 is 5.32 Å². The van der Waals surface area contributed by atoms with Crippen molar-refractivity contribution in [3.63, 3.8) is 0 Å². The first kappa shape index (κ1) is 44.3. The molecule has 1 amide bonds. The van der Waals surface area contributed by atoms with Gasteiger partial charge < -0.3 is 44.3 Å². The molecule has 0 radical (unpaired) electrons. The molecule has 11 atom stereocenters. The molecule has 4 aliphatic rings. The number of amides is 1. The van der Waals surface area contributed by atoms with E-state index < -0.39 is 113 Å². The summed E-state index contributed by atoms with van der Waals surface area (Å²) in [5.41, 5.74) is -7.02. The number of esters is 4. The average molecular weight is 854 g/mol. The first-order chi connectivity index (χ1) is 29.3. The van der Waals surface area contributed by atoms with Gasteiger partial charge >= 0.3 is 23.9 Å². The van der Waals surface area contributed by atoms with E-state index in [4.69, 9.17) is 23.7 Å². The third kappa shape index (κ3) is 7.29. The number of hydrogen-bond donors (Lipinski definition) is 4. The van der Waals surface area contributed by atoms with Crippen molar-refractivity contribution in [2.24, 2.45) is 16.7 Å². The van der Waals surface area contributed by atoms with Gasteiger partial charge in [0, 0.05) is 37.7 Å². The van der Waals surface area contributed by atoms with Crippen LogP contribution in [0, 0.1) is 16.7 Å². The minimum Gasteiger partial charge on any atom is -0.456 e. The molecule has 4 N–H and O–H groups in total. The zero-order chi connectivity index (χ0) is 44.9. The molecular weight excluding hydrogens is 803 g/mol. The maximum absolute atomic E-state index is 15.5. The molecule has 3 fully saturated rings. The first-order valence-corrected chi connectivity index (χ1v) is 20.5. The maximum Gasteiger partial charge on any atom is 0.338 e. The van der Waals surface area contributed by atoms with Crippen LogP contribution in [0.2, 0.25) is 0 Å². The molecule has 15 nitrogen and oxygen atoms in total. The van der Waals surface area contributed by atoms with Gasteiger partial charge in [-0.1, -0.05) is 80.6 Å². The summed E-state index contributed by atoms with van der Waals surface area (Å²) in [6, 6.07) is 22.9. The largest absolute Gasteiger partial charge is 0.456 e. The van der Waals surface area contributed by atoms with Gasteiger partial charge in [0.15, 0.2) is 23.6 Å². The van der Waals surface area contributed by atoms with Crippen LogP contribution in [0.1, 0.15) is 86.7 Å². The van der Waals surface area contributed by atoms with E-state index in [2.05, 4.69) is 5.32 Å². The van der Waals surface area contributed by atoms with Crippen LogP contribution in [0.5, 0.6) is 0 Å². The van der Waals surface area contributed by atoms with Crippen molar-refractivity contribution >= 4 is 35.6 Å². The molecule has 62 heavy (non-hydrogen) atoms. The van der Waals surface area contributed by atoms with Crippen LogP contribution in [0.25, 0.3) is 0 Å². The van der Waals surface area contributed by atoms with Crippen molar-refractivity contribution in [1.29, 1.82) is 0 Å². The van der Waals surface area contributed by atoms with Gasteiger partial charge in [-0.3, -0.25) is 19.2 Å². The predicted octanol–water partition coefficient (Wildman–Crippen LogP) is 3.74. The number of ketones is 1. The molecule has 0 unspecified atom stereocenters. The third-order valence-corrected chi connectivity index (χ3v) is 13.5. The molecule has 2 bridgehead atoms. The summed E-state index contributed by atoms with van der Waals surface area (Å²) in [6.45, 7) is 7.97. The number of hydrogen-bond acceptors (Lipinski definition) is 14. The van der Waals surface area contributed by atoms with E-state index in [0.717, 1.165) is 13.8 Å². The lowest BCUT2D eigenvalue weighted by molar-refractivity contribution is -0.346. The van der Waals surface area contributed by atoms with Crippen LogP contribution >= 0.6 is 0 Å². The number of ether oxygens (including phenoxy) is 5. The van der Waals surface area contributed by atoms with Crippen LogP contribution in [0.4, 0.5) is 0 Å². The fraction of sp³-hybridized carbons (Fsp3) is 0.447. The molecule has 1 saturated heterocycles. The Morgan fingerprint density at radius 3 is 1.95 bits per heavy atom. The number of benzene rings is 3. The lowest BCUT2D eigenvalue weighted by Gasteiger charge is -2.67. The summed E-state index contributed by atoms with van der Waals surface area (Å²) in [5.74, 6) is -6.84. The van der Waals surface area contributed by atoms with Gasteiger partial charge in [0.25, 0.3) is 5.91 Å². The van der Waals surface area contributed by atoms with E-state index >= 15 is 4.79 Å². The average Bonchev–Trinajstić information content (AvgIpc) is 3.24. The Kier molecular flexibility index (Phi) is 11.8. The predicted molar refractivity (Wildman–Crippen MR) is 218 cm³/mol. The Balaban J connectivity index is 1.39. The Morgan fingerprint density at radius 2 is 1.40 bits per heavy atom. The van der Waals surface area contributed by atoms with Gasteiger partial charge in [0.05, 0.1) is 35.6 Å². The number of fused-ring (bicyclic) bond motifs is 5. The topological polar surface area (TPSA) is 221 Å². The number of aliphatic hydroxyl groups is 3. The molecule has 328 valence electrons. The number of rotatable bonds is 10. The second-order valence-corrected chi connectivity index (χ2v) is 17.4. The van der Waals surface area contributed by atoms with Crippen molar-refractivity contribution < 1.29 is 67.8 Å². The van der Waals surface area contributed by atoms with Gasteiger partial charge in [0.2, 0.25) is 0 Å². The maximum atomic E-state index is 15.5. The second kappa shape index (κ2) is 16.5. The Hall–Kier alpha value is -5.74. The van der Waals surface area contributed by atoms with Gasteiger partial charge in [-0.05, 0) is 54.8 Å². The zero-order valence-electron chi connectivity index (χ0n) is 35.2. The van der Waals surface area contributed by atoms with Gasteiger partial charge in [-0.15, -0.1) is 0 Å². The highest BCUT2D eigenvalue weighted by molar-refractivity contribution is 5.96. The molecule has 3 aromatic rings. The van der Waals surface area contributed by atoms with Gasteiger partial charge in [-0.2, -0.15) is 0 Å². The lowest BCUT2D eigenvalue weighted by Crippen LogP contribution is -2.82. The number of aliphatic hydroxyl groups excluding tert-OH is 2. The molecule has 2 saturated carbocycles. The SMILES string of the molecule is CC(=O)O[C@@H]1C(=O)[C@@]2(C)[C@H]([C@H](OC(=O)c3ccccc3)[C@@]3(O)C[C@H](OC(=O)[C@H](O)[C@@H](NC(=O)c4ccccc4)c4ccccc4)C(C)=C1C3(C)C)[C@]1(OC(C)=O)CO[C@@H]1C[C@@H]2O. The highest BCUT2D eigenvalue weighted by Gasteiger charge is 2.78. The minimum absolute atomic E-state index is 0.00289. The Bertz CT molecular complexity index is 2280. The Labute approximate surface area is 358 Å². The summed E-state index contributed by atoms with van der Waals surface area (Å²) in [5, 5.41) is 40.2. The highest BCUT2D eigenvalue weighted by atomic mass is 16.6. The summed E-state index contributed by atoms with van der Waals surface area (Å²) in [4.78, 5) is 83.5. The normalized spacial score (nSPS) is 31.9. The number of nitrogens with one attached hydrogen (secondary N) is 1. The molecule has 0 aromatic heterocycles. The van der Waals surface area contributed by atoms with E-state index in [0.29, 0.717) is 5.56 Å². The molecule has 7 rings (SSSR count).